The molecule has 0 aliphatic heterocycles. The Bertz CT molecular complexity index is 453. The van der Waals surface area contributed by atoms with Crippen LogP contribution in [-0.4, -0.2) is 24.7 Å². The van der Waals surface area contributed by atoms with Crippen LogP contribution in [0.2, 0.25) is 0 Å². The van der Waals surface area contributed by atoms with Crippen molar-refractivity contribution in [2.75, 3.05) is 19.0 Å². The standard InChI is InChI=1S/C12H17Br2N3O2/c1-19-11-7-10(8(13)6-9(11)14)16-5-3-2-4-12(15)17-18/h6-7,16,18H,2-5H2,1H3,(H2,15,17). The van der Waals surface area contributed by atoms with Crippen LogP contribution in [0.15, 0.2) is 26.2 Å². The molecule has 106 valence electrons. The third kappa shape index (κ3) is 5.28. The molecule has 4 N–H and O–H groups in total. The van der Waals surface area contributed by atoms with E-state index in [1.807, 2.05) is 12.1 Å². The molecule has 5 nitrogen and oxygen atoms in total. The lowest BCUT2D eigenvalue weighted by Gasteiger charge is -2.11. The van der Waals surface area contributed by atoms with E-state index in [0.29, 0.717) is 6.42 Å². The second-order valence-electron chi connectivity index (χ2n) is 3.94. The van der Waals surface area contributed by atoms with Gasteiger partial charge in [0.25, 0.3) is 0 Å². The Balaban J connectivity index is 2.45. The van der Waals surface area contributed by atoms with Gasteiger partial charge in [-0.15, -0.1) is 0 Å². The molecule has 0 bridgehead atoms. The van der Waals surface area contributed by atoms with Crippen molar-refractivity contribution in [3.05, 3.63) is 21.1 Å². The van der Waals surface area contributed by atoms with Gasteiger partial charge in [-0.25, -0.2) is 0 Å². The fourth-order valence-electron chi connectivity index (χ4n) is 1.53. The molecule has 0 heterocycles. The lowest BCUT2D eigenvalue weighted by atomic mass is 10.2. The Morgan fingerprint density at radius 3 is 2.74 bits per heavy atom. The van der Waals surface area contributed by atoms with Gasteiger partial charge in [0.05, 0.1) is 17.3 Å². The van der Waals surface area contributed by atoms with Crippen molar-refractivity contribution in [2.45, 2.75) is 19.3 Å². The molecule has 0 amide bonds. The van der Waals surface area contributed by atoms with Gasteiger partial charge in [0.1, 0.15) is 11.6 Å². The minimum absolute atomic E-state index is 0.270. The summed E-state index contributed by atoms with van der Waals surface area (Å²) in [6.45, 7) is 0.808. The van der Waals surface area contributed by atoms with Crippen LogP contribution in [0, 0.1) is 0 Å². The molecule has 1 aromatic carbocycles. The van der Waals surface area contributed by atoms with Crippen molar-refractivity contribution in [1.82, 2.24) is 0 Å². The number of oxime groups is 1. The number of hydrogen-bond acceptors (Lipinski definition) is 4. The number of unbranched alkanes of at least 4 members (excludes halogenated alkanes) is 1. The van der Waals surface area contributed by atoms with E-state index in [-0.39, 0.29) is 5.84 Å². The molecule has 7 heteroatoms. The van der Waals surface area contributed by atoms with Crippen LogP contribution in [0.4, 0.5) is 5.69 Å². The molecule has 1 aromatic rings. The summed E-state index contributed by atoms with van der Waals surface area (Å²) in [6, 6.07) is 3.87. The molecule has 0 saturated heterocycles. The zero-order valence-electron chi connectivity index (χ0n) is 10.6. The molecule has 19 heavy (non-hydrogen) atoms. The molecular weight excluding hydrogens is 378 g/mol. The molecule has 0 spiro atoms. The molecule has 0 fully saturated rings. The van der Waals surface area contributed by atoms with Crippen molar-refractivity contribution in [2.24, 2.45) is 10.9 Å². The van der Waals surface area contributed by atoms with Gasteiger partial charge >= 0.3 is 0 Å². The third-order valence-electron chi connectivity index (χ3n) is 2.55. The molecule has 0 aromatic heterocycles. The summed E-state index contributed by atoms with van der Waals surface area (Å²) in [5.74, 6) is 1.05. The first kappa shape index (κ1) is 16.1. The van der Waals surface area contributed by atoms with Crippen molar-refractivity contribution in [3.63, 3.8) is 0 Å². The van der Waals surface area contributed by atoms with Gasteiger partial charge in [-0.3, -0.25) is 0 Å². The lowest BCUT2D eigenvalue weighted by molar-refractivity contribution is 0.316. The van der Waals surface area contributed by atoms with Crippen LogP contribution >= 0.6 is 31.9 Å². The molecule has 0 aliphatic carbocycles. The smallest absolute Gasteiger partial charge is 0.139 e. The van der Waals surface area contributed by atoms with Crippen LogP contribution < -0.4 is 15.8 Å². The summed E-state index contributed by atoms with van der Waals surface area (Å²) in [7, 11) is 1.63. The van der Waals surface area contributed by atoms with Crippen LogP contribution in [0.5, 0.6) is 5.75 Å². The maximum atomic E-state index is 8.41. The Hall–Kier alpha value is -0.950. The molecule has 0 aliphatic rings. The first-order chi connectivity index (χ1) is 9.08. The SMILES string of the molecule is COc1cc(NCCCC/C(N)=N/O)c(Br)cc1Br. The summed E-state index contributed by atoms with van der Waals surface area (Å²) >= 11 is 6.92. The third-order valence-corrected chi connectivity index (χ3v) is 3.82. The number of amidine groups is 1. The van der Waals surface area contributed by atoms with E-state index in [9.17, 15) is 0 Å². The normalized spacial score (nSPS) is 11.4. The molecular formula is C12H17Br2N3O2. The number of nitrogens with two attached hydrogens (primary N) is 1. The highest BCUT2D eigenvalue weighted by Crippen LogP contribution is 2.34. The first-order valence-corrected chi connectivity index (χ1v) is 7.40. The van der Waals surface area contributed by atoms with Gasteiger partial charge in [0.2, 0.25) is 0 Å². The average molecular weight is 395 g/mol. The zero-order valence-corrected chi connectivity index (χ0v) is 13.8. The largest absolute Gasteiger partial charge is 0.495 e. The van der Waals surface area contributed by atoms with Crippen LogP contribution in [0.25, 0.3) is 0 Å². The second kappa shape index (κ2) is 8.27. The number of rotatable bonds is 7. The number of hydrogen-bond donors (Lipinski definition) is 3. The minimum atomic E-state index is 0.270. The number of methoxy groups -OCH3 is 1. The van der Waals surface area contributed by atoms with Gasteiger partial charge in [0.15, 0.2) is 0 Å². The molecule has 0 unspecified atom stereocenters. The summed E-state index contributed by atoms with van der Waals surface area (Å²) < 4.78 is 7.12. The van der Waals surface area contributed by atoms with E-state index < -0.39 is 0 Å². The molecule has 1 rings (SSSR count). The second-order valence-corrected chi connectivity index (χ2v) is 5.65. The van der Waals surface area contributed by atoms with Crippen molar-refractivity contribution >= 4 is 43.4 Å². The molecule has 0 radical (unpaired) electrons. The van der Waals surface area contributed by atoms with Gasteiger partial charge in [0, 0.05) is 23.5 Å². The Labute approximate surface area is 129 Å². The number of nitrogens with one attached hydrogen (secondary N) is 1. The van der Waals surface area contributed by atoms with E-state index in [0.717, 1.165) is 39.8 Å². The molecule has 0 atom stereocenters. The average Bonchev–Trinajstić information content (AvgIpc) is 2.40. The van der Waals surface area contributed by atoms with Crippen LogP contribution in [-0.2, 0) is 0 Å². The summed E-state index contributed by atoms with van der Waals surface area (Å²) in [5, 5.41) is 14.7. The molecule has 0 saturated carbocycles. The Morgan fingerprint density at radius 1 is 1.37 bits per heavy atom. The Morgan fingerprint density at radius 2 is 2.11 bits per heavy atom. The maximum Gasteiger partial charge on any atom is 0.139 e. The van der Waals surface area contributed by atoms with Gasteiger partial charge in [-0.1, -0.05) is 5.16 Å². The van der Waals surface area contributed by atoms with E-state index in [1.165, 1.54) is 0 Å². The highest BCUT2D eigenvalue weighted by molar-refractivity contribution is 9.11. The van der Waals surface area contributed by atoms with Gasteiger partial charge < -0.3 is 21.0 Å². The zero-order chi connectivity index (χ0) is 14.3. The fourth-order valence-corrected chi connectivity index (χ4v) is 2.82. The topological polar surface area (TPSA) is 79.9 Å². The Kier molecular flexibility index (Phi) is 7.01. The highest BCUT2D eigenvalue weighted by Gasteiger charge is 2.06. The summed E-state index contributed by atoms with van der Waals surface area (Å²) in [5.41, 5.74) is 6.37. The van der Waals surface area contributed by atoms with Crippen molar-refractivity contribution < 1.29 is 9.94 Å². The number of anilines is 1. The number of benzene rings is 1. The number of nitrogens with zero attached hydrogens (tertiary/aromatic N) is 1. The highest BCUT2D eigenvalue weighted by atomic mass is 79.9. The number of ether oxygens (including phenoxy) is 1. The van der Waals surface area contributed by atoms with E-state index in [4.69, 9.17) is 15.7 Å². The van der Waals surface area contributed by atoms with Crippen LogP contribution in [0.1, 0.15) is 19.3 Å². The number of halogens is 2. The van der Waals surface area contributed by atoms with Gasteiger partial charge in [-0.05, 0) is 50.8 Å². The maximum absolute atomic E-state index is 8.41. The van der Waals surface area contributed by atoms with Gasteiger partial charge in [-0.2, -0.15) is 0 Å². The van der Waals surface area contributed by atoms with E-state index >= 15 is 0 Å². The fraction of sp³-hybridized carbons (Fsp3) is 0.417. The van der Waals surface area contributed by atoms with Crippen molar-refractivity contribution in [3.8, 4) is 5.75 Å². The van der Waals surface area contributed by atoms with E-state index in [1.54, 1.807) is 7.11 Å². The first-order valence-electron chi connectivity index (χ1n) is 5.81. The minimum Gasteiger partial charge on any atom is -0.495 e. The predicted octanol–water partition coefficient (Wildman–Crippen LogP) is 3.55. The summed E-state index contributed by atoms with van der Waals surface area (Å²) in [6.07, 6.45) is 2.40. The van der Waals surface area contributed by atoms with Crippen LogP contribution in [0.3, 0.4) is 0 Å². The summed E-state index contributed by atoms with van der Waals surface area (Å²) in [4.78, 5) is 0. The lowest BCUT2D eigenvalue weighted by Crippen LogP contribution is -2.12. The van der Waals surface area contributed by atoms with E-state index in [2.05, 4.69) is 42.3 Å². The quantitative estimate of drug-likeness (QED) is 0.217. The predicted molar refractivity (Wildman–Crippen MR) is 84.1 cm³/mol. The van der Waals surface area contributed by atoms with Crippen molar-refractivity contribution in [1.29, 1.82) is 0 Å². The monoisotopic (exact) mass is 393 g/mol.